The van der Waals surface area contributed by atoms with Crippen molar-refractivity contribution in [3.05, 3.63) is 0 Å². The third kappa shape index (κ3) is 6.19. The van der Waals surface area contributed by atoms with E-state index in [4.69, 9.17) is 5.73 Å². The molecule has 0 saturated carbocycles. The fourth-order valence-corrected chi connectivity index (χ4v) is 1.02. The Morgan fingerprint density at radius 3 is 2.82 bits per heavy atom. The summed E-state index contributed by atoms with van der Waals surface area (Å²) in [6, 6.07) is -0.385. The van der Waals surface area contributed by atoms with Crippen LogP contribution in [0, 0.1) is 0 Å². The van der Waals surface area contributed by atoms with Crippen LogP contribution in [-0.2, 0) is 4.79 Å². The fourth-order valence-electron chi connectivity index (χ4n) is 0.589. The Hall–Kier alpha value is -0.220. The molecule has 0 aromatic rings. The fraction of sp³-hybridized carbons (Fsp3) is 0.857. The highest BCUT2D eigenvalue weighted by Gasteiger charge is 2.04. The predicted octanol–water partition coefficient (Wildman–Crippen LogP) is 0.203. The number of hydrogen-bond donors (Lipinski definition) is 2. The summed E-state index contributed by atoms with van der Waals surface area (Å²) in [5, 5.41) is 2.74. The van der Waals surface area contributed by atoms with Gasteiger partial charge in [0.25, 0.3) is 0 Å². The lowest BCUT2D eigenvalue weighted by molar-refractivity contribution is -0.121. The van der Waals surface area contributed by atoms with Crippen LogP contribution in [0.3, 0.4) is 0 Å². The lowest BCUT2D eigenvalue weighted by atomic mass is 10.3. The van der Waals surface area contributed by atoms with Gasteiger partial charge in [-0.3, -0.25) is 4.79 Å². The van der Waals surface area contributed by atoms with Crippen molar-refractivity contribution >= 4 is 17.7 Å². The van der Waals surface area contributed by atoms with E-state index >= 15 is 0 Å². The molecule has 0 spiro atoms. The van der Waals surface area contributed by atoms with Gasteiger partial charge in [0.05, 0.1) is 6.04 Å². The van der Waals surface area contributed by atoms with Gasteiger partial charge >= 0.3 is 0 Å². The molecule has 0 aliphatic carbocycles. The lowest BCUT2D eigenvalue weighted by Gasteiger charge is -2.06. The number of thioether (sulfide) groups is 1. The summed E-state index contributed by atoms with van der Waals surface area (Å²) in [4.78, 5) is 10.9. The van der Waals surface area contributed by atoms with Crippen molar-refractivity contribution in [3.8, 4) is 0 Å². The van der Waals surface area contributed by atoms with E-state index in [1.807, 2.05) is 6.26 Å². The number of amides is 1. The molecule has 0 heterocycles. The summed E-state index contributed by atoms with van der Waals surface area (Å²) in [5.74, 6) is 1.02. The summed E-state index contributed by atoms with van der Waals surface area (Å²) in [7, 11) is 0. The van der Waals surface area contributed by atoms with E-state index < -0.39 is 0 Å². The van der Waals surface area contributed by atoms with Gasteiger partial charge in [-0.05, 0) is 25.4 Å². The Kier molecular flexibility index (Phi) is 6.36. The molecule has 0 saturated heterocycles. The number of carbonyl (C=O) groups is 1. The molecule has 0 rings (SSSR count). The topological polar surface area (TPSA) is 55.1 Å². The van der Waals surface area contributed by atoms with E-state index in [9.17, 15) is 4.79 Å². The monoisotopic (exact) mass is 176 g/mol. The number of nitrogens with one attached hydrogen (secondary N) is 1. The van der Waals surface area contributed by atoms with Crippen molar-refractivity contribution in [1.29, 1.82) is 0 Å². The van der Waals surface area contributed by atoms with Gasteiger partial charge in [0.15, 0.2) is 0 Å². The molecule has 0 aromatic carbocycles. The van der Waals surface area contributed by atoms with Gasteiger partial charge in [0, 0.05) is 6.54 Å². The van der Waals surface area contributed by atoms with Crippen LogP contribution in [0.4, 0.5) is 0 Å². The molecule has 3 N–H and O–H groups in total. The quantitative estimate of drug-likeness (QED) is 0.588. The average molecular weight is 176 g/mol. The average Bonchev–Trinajstić information content (AvgIpc) is 1.97. The second kappa shape index (κ2) is 6.49. The molecular weight excluding hydrogens is 160 g/mol. The third-order valence-corrected chi connectivity index (χ3v) is 1.93. The minimum atomic E-state index is -0.385. The highest BCUT2D eigenvalue weighted by molar-refractivity contribution is 7.98. The molecule has 4 heteroatoms. The smallest absolute Gasteiger partial charge is 0.236 e. The second-order valence-corrected chi connectivity index (χ2v) is 3.41. The lowest BCUT2D eigenvalue weighted by Crippen LogP contribution is -2.38. The first-order valence-corrected chi connectivity index (χ1v) is 5.10. The zero-order valence-electron chi connectivity index (χ0n) is 7.09. The minimum Gasteiger partial charge on any atom is -0.355 e. The molecule has 0 radical (unpaired) electrons. The van der Waals surface area contributed by atoms with Gasteiger partial charge < -0.3 is 11.1 Å². The Bertz CT molecular complexity index is 117. The molecule has 3 nitrogen and oxygen atoms in total. The zero-order chi connectivity index (χ0) is 8.69. The molecular formula is C7H16N2OS. The maximum Gasteiger partial charge on any atom is 0.236 e. The van der Waals surface area contributed by atoms with E-state index in [-0.39, 0.29) is 11.9 Å². The van der Waals surface area contributed by atoms with Crippen molar-refractivity contribution in [1.82, 2.24) is 5.32 Å². The standard InChI is InChI=1S/C7H16N2OS/c1-6(8)7(10)9-4-3-5-11-2/h6H,3-5,8H2,1-2H3,(H,9,10)/t6-/m1/s1. The van der Waals surface area contributed by atoms with E-state index in [1.165, 1.54) is 0 Å². The van der Waals surface area contributed by atoms with Crippen LogP contribution in [0.25, 0.3) is 0 Å². The van der Waals surface area contributed by atoms with E-state index in [0.29, 0.717) is 0 Å². The zero-order valence-corrected chi connectivity index (χ0v) is 7.91. The second-order valence-electron chi connectivity index (χ2n) is 2.43. The number of hydrogen-bond acceptors (Lipinski definition) is 3. The Labute approximate surface area is 72.1 Å². The van der Waals surface area contributed by atoms with E-state index in [2.05, 4.69) is 5.32 Å². The Morgan fingerprint density at radius 2 is 2.36 bits per heavy atom. The summed E-state index contributed by atoms with van der Waals surface area (Å²) < 4.78 is 0. The SMILES string of the molecule is CSCCCNC(=O)[C@@H](C)N. The maximum atomic E-state index is 10.9. The molecule has 0 bridgehead atoms. The van der Waals surface area contributed by atoms with E-state index in [1.54, 1.807) is 18.7 Å². The first-order valence-electron chi connectivity index (χ1n) is 3.70. The molecule has 11 heavy (non-hydrogen) atoms. The molecule has 0 aromatic heterocycles. The van der Waals surface area contributed by atoms with Crippen molar-refractivity contribution in [2.45, 2.75) is 19.4 Å². The summed E-state index contributed by atoms with van der Waals surface area (Å²) in [5.41, 5.74) is 5.33. The first-order chi connectivity index (χ1) is 5.18. The van der Waals surface area contributed by atoms with Gasteiger partial charge in [-0.25, -0.2) is 0 Å². The molecule has 0 unspecified atom stereocenters. The van der Waals surface area contributed by atoms with E-state index in [0.717, 1.165) is 18.7 Å². The van der Waals surface area contributed by atoms with Crippen LogP contribution in [0.5, 0.6) is 0 Å². The predicted molar refractivity (Wildman–Crippen MR) is 49.7 cm³/mol. The highest BCUT2D eigenvalue weighted by atomic mass is 32.2. The van der Waals surface area contributed by atoms with Crippen molar-refractivity contribution in [2.24, 2.45) is 5.73 Å². The van der Waals surface area contributed by atoms with Crippen molar-refractivity contribution < 1.29 is 4.79 Å². The normalized spacial score (nSPS) is 12.6. The van der Waals surface area contributed by atoms with Gasteiger partial charge in [0.2, 0.25) is 5.91 Å². The van der Waals surface area contributed by atoms with Crippen molar-refractivity contribution in [2.75, 3.05) is 18.6 Å². The van der Waals surface area contributed by atoms with Crippen LogP contribution in [-0.4, -0.2) is 30.5 Å². The third-order valence-electron chi connectivity index (χ3n) is 1.24. The largest absolute Gasteiger partial charge is 0.355 e. The molecule has 0 fully saturated rings. The van der Waals surface area contributed by atoms with Crippen LogP contribution in [0.2, 0.25) is 0 Å². The molecule has 66 valence electrons. The van der Waals surface area contributed by atoms with Crippen LogP contribution >= 0.6 is 11.8 Å². The van der Waals surface area contributed by atoms with Gasteiger partial charge in [-0.1, -0.05) is 0 Å². The van der Waals surface area contributed by atoms with Crippen molar-refractivity contribution in [3.63, 3.8) is 0 Å². The van der Waals surface area contributed by atoms with Crippen LogP contribution in [0.1, 0.15) is 13.3 Å². The van der Waals surface area contributed by atoms with Crippen LogP contribution < -0.4 is 11.1 Å². The molecule has 1 atom stereocenters. The molecule has 1 amide bonds. The highest BCUT2D eigenvalue weighted by Crippen LogP contribution is 1.93. The number of rotatable bonds is 5. The molecule has 0 aliphatic rings. The maximum absolute atomic E-state index is 10.9. The molecule has 0 aliphatic heterocycles. The minimum absolute atomic E-state index is 0.0638. The van der Waals surface area contributed by atoms with Gasteiger partial charge in [0.1, 0.15) is 0 Å². The summed E-state index contributed by atoms with van der Waals surface area (Å²) in [6.07, 6.45) is 3.06. The Balaban J connectivity index is 3.18. The first kappa shape index (κ1) is 10.8. The number of nitrogens with two attached hydrogens (primary N) is 1. The van der Waals surface area contributed by atoms with Gasteiger partial charge in [-0.2, -0.15) is 11.8 Å². The summed E-state index contributed by atoms with van der Waals surface area (Å²) >= 11 is 1.78. The van der Waals surface area contributed by atoms with Gasteiger partial charge in [-0.15, -0.1) is 0 Å². The Morgan fingerprint density at radius 1 is 1.73 bits per heavy atom. The van der Waals surface area contributed by atoms with Crippen LogP contribution in [0.15, 0.2) is 0 Å². The number of carbonyl (C=O) groups excluding carboxylic acids is 1. The summed E-state index contributed by atoms with van der Waals surface area (Å²) in [6.45, 7) is 2.42.